The van der Waals surface area contributed by atoms with Gasteiger partial charge < -0.3 is 15.7 Å². The standard InChI is InChI=1S/C13H20N2O2/c1-3-11(4-2)17-12-7-5-10(6-8-12)9-13(14)15-16/h5-8,11,16H,3-4,9H2,1-2H3,(H2,14,15). The van der Waals surface area contributed by atoms with E-state index in [1.807, 2.05) is 24.3 Å². The zero-order valence-corrected chi connectivity index (χ0v) is 10.4. The predicted molar refractivity (Wildman–Crippen MR) is 68.6 cm³/mol. The van der Waals surface area contributed by atoms with Crippen molar-refractivity contribution in [2.24, 2.45) is 10.9 Å². The lowest BCUT2D eigenvalue weighted by Crippen LogP contribution is -2.15. The minimum atomic E-state index is 0.207. The van der Waals surface area contributed by atoms with Gasteiger partial charge in [0.05, 0.1) is 6.10 Å². The summed E-state index contributed by atoms with van der Waals surface area (Å²) in [7, 11) is 0. The lowest BCUT2D eigenvalue weighted by molar-refractivity contribution is 0.193. The van der Waals surface area contributed by atoms with E-state index in [2.05, 4.69) is 19.0 Å². The van der Waals surface area contributed by atoms with Crippen molar-refractivity contribution in [1.82, 2.24) is 0 Å². The van der Waals surface area contributed by atoms with Gasteiger partial charge in [-0.1, -0.05) is 31.1 Å². The number of hydrogen-bond donors (Lipinski definition) is 2. The fourth-order valence-corrected chi connectivity index (χ4v) is 1.58. The van der Waals surface area contributed by atoms with Crippen molar-refractivity contribution in [1.29, 1.82) is 0 Å². The summed E-state index contributed by atoms with van der Waals surface area (Å²) in [6, 6.07) is 7.68. The quantitative estimate of drug-likeness (QED) is 0.345. The van der Waals surface area contributed by atoms with E-state index in [9.17, 15) is 0 Å². The van der Waals surface area contributed by atoms with Crippen molar-refractivity contribution < 1.29 is 9.94 Å². The third kappa shape index (κ3) is 4.34. The van der Waals surface area contributed by atoms with Crippen molar-refractivity contribution in [2.45, 2.75) is 39.2 Å². The molecular formula is C13H20N2O2. The highest BCUT2D eigenvalue weighted by Crippen LogP contribution is 2.16. The molecule has 0 atom stereocenters. The maximum Gasteiger partial charge on any atom is 0.143 e. The summed E-state index contributed by atoms with van der Waals surface area (Å²) >= 11 is 0. The van der Waals surface area contributed by atoms with Gasteiger partial charge in [-0.15, -0.1) is 0 Å². The molecule has 0 bridgehead atoms. The maximum atomic E-state index is 8.47. The number of hydrogen-bond acceptors (Lipinski definition) is 3. The Morgan fingerprint density at radius 1 is 1.29 bits per heavy atom. The van der Waals surface area contributed by atoms with Gasteiger partial charge in [0.25, 0.3) is 0 Å². The van der Waals surface area contributed by atoms with Crippen LogP contribution in [0.5, 0.6) is 5.75 Å². The lowest BCUT2D eigenvalue weighted by Gasteiger charge is -2.15. The summed E-state index contributed by atoms with van der Waals surface area (Å²) in [5.41, 5.74) is 6.43. The number of amidine groups is 1. The summed E-state index contributed by atoms with van der Waals surface area (Å²) in [4.78, 5) is 0. The first kappa shape index (κ1) is 13.4. The smallest absolute Gasteiger partial charge is 0.143 e. The van der Waals surface area contributed by atoms with E-state index < -0.39 is 0 Å². The Balaban J connectivity index is 2.61. The van der Waals surface area contributed by atoms with Gasteiger partial charge in [-0.3, -0.25) is 0 Å². The number of rotatable bonds is 6. The van der Waals surface area contributed by atoms with E-state index in [0.29, 0.717) is 6.42 Å². The van der Waals surface area contributed by atoms with Crippen LogP contribution in [0, 0.1) is 0 Å². The Morgan fingerprint density at radius 2 is 1.88 bits per heavy atom. The van der Waals surface area contributed by atoms with E-state index in [1.165, 1.54) is 0 Å². The van der Waals surface area contributed by atoms with Crippen LogP contribution in [0.25, 0.3) is 0 Å². The molecule has 4 heteroatoms. The average molecular weight is 236 g/mol. The molecule has 0 aliphatic heterocycles. The van der Waals surface area contributed by atoms with E-state index in [1.54, 1.807) is 0 Å². The molecule has 17 heavy (non-hydrogen) atoms. The van der Waals surface area contributed by atoms with Crippen LogP contribution < -0.4 is 10.5 Å². The first-order chi connectivity index (χ1) is 8.19. The summed E-state index contributed by atoms with van der Waals surface area (Å²) in [6.07, 6.45) is 2.72. The van der Waals surface area contributed by atoms with E-state index >= 15 is 0 Å². The largest absolute Gasteiger partial charge is 0.490 e. The normalized spacial score (nSPS) is 11.8. The Hall–Kier alpha value is -1.71. The predicted octanol–water partition coefficient (Wildman–Crippen LogP) is 2.54. The van der Waals surface area contributed by atoms with E-state index in [0.717, 1.165) is 24.2 Å². The van der Waals surface area contributed by atoms with Crippen LogP contribution in [0.3, 0.4) is 0 Å². The maximum absolute atomic E-state index is 8.47. The average Bonchev–Trinajstić information content (AvgIpc) is 2.37. The minimum absolute atomic E-state index is 0.207. The molecule has 0 spiro atoms. The molecule has 0 aromatic heterocycles. The van der Waals surface area contributed by atoms with Gasteiger partial charge in [-0.05, 0) is 30.5 Å². The SMILES string of the molecule is CCC(CC)Oc1ccc(CC(N)=NO)cc1. The Bertz CT molecular complexity index is 356. The summed E-state index contributed by atoms with van der Waals surface area (Å²) in [6.45, 7) is 4.22. The van der Waals surface area contributed by atoms with Crippen molar-refractivity contribution in [2.75, 3.05) is 0 Å². The van der Waals surface area contributed by atoms with Gasteiger partial charge in [-0.25, -0.2) is 0 Å². The van der Waals surface area contributed by atoms with E-state index in [-0.39, 0.29) is 11.9 Å². The molecule has 0 radical (unpaired) electrons. The van der Waals surface area contributed by atoms with Gasteiger partial charge in [0.2, 0.25) is 0 Å². The summed E-state index contributed by atoms with van der Waals surface area (Å²) < 4.78 is 5.79. The molecule has 0 fully saturated rings. The molecule has 1 rings (SSSR count). The summed E-state index contributed by atoms with van der Waals surface area (Å²) in [5, 5.41) is 11.4. The van der Waals surface area contributed by atoms with Gasteiger partial charge in [-0.2, -0.15) is 0 Å². The van der Waals surface area contributed by atoms with Crippen LogP contribution in [-0.4, -0.2) is 17.1 Å². The molecule has 0 saturated heterocycles. The second-order valence-electron chi connectivity index (χ2n) is 3.97. The lowest BCUT2D eigenvalue weighted by atomic mass is 10.1. The highest BCUT2D eigenvalue weighted by atomic mass is 16.5. The van der Waals surface area contributed by atoms with Gasteiger partial charge >= 0.3 is 0 Å². The Labute approximate surface area is 102 Å². The molecular weight excluding hydrogens is 216 g/mol. The zero-order valence-electron chi connectivity index (χ0n) is 10.4. The number of nitrogens with zero attached hydrogens (tertiary/aromatic N) is 1. The highest BCUT2D eigenvalue weighted by molar-refractivity contribution is 5.82. The second kappa shape index (κ2) is 6.78. The molecule has 1 aromatic rings. The van der Waals surface area contributed by atoms with Crippen molar-refractivity contribution in [3.8, 4) is 5.75 Å². The van der Waals surface area contributed by atoms with Gasteiger partial charge in [0.1, 0.15) is 11.6 Å². The number of oxime groups is 1. The molecule has 94 valence electrons. The highest BCUT2D eigenvalue weighted by Gasteiger charge is 2.05. The topological polar surface area (TPSA) is 67.8 Å². The molecule has 0 heterocycles. The summed E-state index contributed by atoms with van der Waals surface area (Å²) in [5.74, 6) is 1.07. The number of ether oxygens (including phenoxy) is 1. The van der Waals surface area contributed by atoms with Crippen molar-refractivity contribution in [3.63, 3.8) is 0 Å². The van der Waals surface area contributed by atoms with Crippen LogP contribution in [0.4, 0.5) is 0 Å². The third-order valence-electron chi connectivity index (χ3n) is 2.65. The third-order valence-corrected chi connectivity index (χ3v) is 2.65. The molecule has 0 aliphatic carbocycles. The molecule has 3 N–H and O–H groups in total. The van der Waals surface area contributed by atoms with Crippen LogP contribution in [0.1, 0.15) is 32.3 Å². The van der Waals surface area contributed by atoms with Gasteiger partial charge in [0.15, 0.2) is 0 Å². The Kier molecular flexibility index (Phi) is 5.33. The molecule has 0 saturated carbocycles. The van der Waals surface area contributed by atoms with E-state index in [4.69, 9.17) is 15.7 Å². The monoisotopic (exact) mass is 236 g/mol. The fraction of sp³-hybridized carbons (Fsp3) is 0.462. The molecule has 0 unspecified atom stereocenters. The molecule has 4 nitrogen and oxygen atoms in total. The number of benzene rings is 1. The number of nitrogens with two attached hydrogens (primary N) is 1. The Morgan fingerprint density at radius 3 is 2.35 bits per heavy atom. The zero-order chi connectivity index (χ0) is 12.7. The molecule has 0 aliphatic rings. The van der Waals surface area contributed by atoms with Crippen LogP contribution in [0.2, 0.25) is 0 Å². The van der Waals surface area contributed by atoms with Crippen molar-refractivity contribution in [3.05, 3.63) is 29.8 Å². The fourth-order valence-electron chi connectivity index (χ4n) is 1.58. The van der Waals surface area contributed by atoms with Crippen LogP contribution in [-0.2, 0) is 6.42 Å². The van der Waals surface area contributed by atoms with Crippen LogP contribution >= 0.6 is 0 Å². The molecule has 1 aromatic carbocycles. The van der Waals surface area contributed by atoms with Gasteiger partial charge in [0, 0.05) is 6.42 Å². The first-order valence-corrected chi connectivity index (χ1v) is 5.91. The first-order valence-electron chi connectivity index (χ1n) is 5.91. The second-order valence-corrected chi connectivity index (χ2v) is 3.97. The minimum Gasteiger partial charge on any atom is -0.490 e. The van der Waals surface area contributed by atoms with Crippen LogP contribution in [0.15, 0.2) is 29.4 Å². The van der Waals surface area contributed by atoms with Crippen molar-refractivity contribution >= 4 is 5.84 Å². The molecule has 0 amide bonds.